The van der Waals surface area contributed by atoms with Crippen molar-refractivity contribution in [3.05, 3.63) is 161 Å². The first-order valence-electron chi connectivity index (χ1n) is 16.8. The molecule has 0 saturated heterocycles. The molecule has 0 aliphatic heterocycles. The molecule has 6 rings (SSSR count). The number of carbonyl (C=O) groups excluding carboxylic acids is 1. The monoisotopic (exact) mass is 700 g/mol. The fourth-order valence-corrected chi connectivity index (χ4v) is 6.96. The smallest absolute Gasteiger partial charge is 0.255 e. The molecule has 1 unspecified atom stereocenters. The Morgan fingerprint density at radius 3 is 1.96 bits per heavy atom. The molecule has 0 bridgehead atoms. The molecule has 1 atom stereocenters. The van der Waals surface area contributed by atoms with Gasteiger partial charge in [-0.15, -0.1) is 0 Å². The van der Waals surface area contributed by atoms with E-state index in [0.717, 1.165) is 16.7 Å². The standard InChI is InChI=1S/C41H41FN6O2S/c1-40(2,3)47-39(49)33-27-48(41(28-15-8-5-9-16-28,29-17-10-6-11-18-29)30-19-12-7-13-20-30)38-37(33)46-35(26-45-38)36(43)32-22-21-31(42)25-34(32)44-23-14-24-51(4)50/h5-13,15-22,25-27,43-44H,14,23-24H2,1-4H3,(H,47,49). The Labute approximate surface area is 300 Å². The van der Waals surface area contributed by atoms with Crippen molar-refractivity contribution >= 4 is 39.3 Å². The summed E-state index contributed by atoms with van der Waals surface area (Å²) in [6, 6.07) is 34.5. The van der Waals surface area contributed by atoms with E-state index in [2.05, 4.69) is 47.0 Å². The van der Waals surface area contributed by atoms with Crippen molar-refractivity contribution in [2.24, 2.45) is 0 Å². The normalized spacial score (nSPS) is 12.4. The maximum absolute atomic E-state index is 14.4. The molecular weight excluding hydrogens is 660 g/mol. The lowest BCUT2D eigenvalue weighted by Crippen LogP contribution is -2.40. The Kier molecular flexibility index (Phi) is 10.2. The van der Waals surface area contributed by atoms with Crippen molar-refractivity contribution in [1.82, 2.24) is 19.9 Å². The van der Waals surface area contributed by atoms with Gasteiger partial charge in [-0.1, -0.05) is 91.0 Å². The Bertz CT molecular complexity index is 2100. The lowest BCUT2D eigenvalue weighted by atomic mass is 9.76. The minimum Gasteiger partial charge on any atom is -0.384 e. The van der Waals surface area contributed by atoms with Crippen molar-refractivity contribution < 1.29 is 13.4 Å². The van der Waals surface area contributed by atoms with E-state index in [4.69, 9.17) is 9.97 Å². The number of amides is 1. The Hall–Kier alpha value is -5.48. The third kappa shape index (κ3) is 7.37. The summed E-state index contributed by atoms with van der Waals surface area (Å²) in [4.78, 5) is 24.1. The van der Waals surface area contributed by atoms with Crippen LogP contribution in [-0.2, 0) is 16.3 Å². The first-order valence-corrected chi connectivity index (χ1v) is 18.5. The van der Waals surface area contributed by atoms with Crippen LogP contribution in [0.15, 0.2) is 122 Å². The molecular formula is C41H41FN6O2S. The van der Waals surface area contributed by atoms with Crippen LogP contribution in [-0.4, -0.2) is 54.5 Å². The summed E-state index contributed by atoms with van der Waals surface area (Å²) in [6.07, 6.45) is 5.61. The van der Waals surface area contributed by atoms with Crippen LogP contribution in [0, 0.1) is 11.2 Å². The van der Waals surface area contributed by atoms with Crippen molar-refractivity contribution in [1.29, 1.82) is 5.41 Å². The number of hydrogen-bond acceptors (Lipinski definition) is 6. The summed E-state index contributed by atoms with van der Waals surface area (Å²) >= 11 is 0. The number of nitrogens with one attached hydrogen (secondary N) is 3. The van der Waals surface area contributed by atoms with Gasteiger partial charge < -0.3 is 15.2 Å². The van der Waals surface area contributed by atoms with E-state index in [0.29, 0.717) is 46.7 Å². The van der Waals surface area contributed by atoms with E-state index in [1.807, 2.05) is 86.1 Å². The highest BCUT2D eigenvalue weighted by Gasteiger charge is 2.41. The van der Waals surface area contributed by atoms with Gasteiger partial charge in [-0.25, -0.2) is 14.4 Å². The predicted octanol–water partition coefficient (Wildman–Crippen LogP) is 7.54. The van der Waals surface area contributed by atoms with Crippen LogP contribution in [0.4, 0.5) is 10.1 Å². The van der Waals surface area contributed by atoms with E-state index in [1.54, 1.807) is 6.26 Å². The molecule has 51 heavy (non-hydrogen) atoms. The molecule has 0 fully saturated rings. The fraction of sp³-hybridized carbons (Fsp3) is 0.220. The zero-order valence-electron chi connectivity index (χ0n) is 29.1. The number of aromatic nitrogens is 3. The predicted molar refractivity (Wildman–Crippen MR) is 204 cm³/mol. The van der Waals surface area contributed by atoms with E-state index < -0.39 is 27.7 Å². The maximum Gasteiger partial charge on any atom is 0.255 e. The summed E-state index contributed by atoms with van der Waals surface area (Å²) < 4.78 is 28.0. The molecule has 0 aliphatic rings. The van der Waals surface area contributed by atoms with Crippen molar-refractivity contribution in [3.8, 4) is 0 Å². The third-order valence-electron chi connectivity index (χ3n) is 8.60. The average Bonchev–Trinajstić information content (AvgIpc) is 3.50. The number of hydrogen-bond donors (Lipinski definition) is 3. The summed E-state index contributed by atoms with van der Waals surface area (Å²) in [6.45, 7) is 6.20. The van der Waals surface area contributed by atoms with Crippen LogP contribution >= 0.6 is 0 Å². The van der Waals surface area contributed by atoms with Crippen LogP contribution in [0.2, 0.25) is 0 Å². The zero-order valence-corrected chi connectivity index (χ0v) is 29.9. The topological polar surface area (TPSA) is 113 Å². The highest BCUT2D eigenvalue weighted by atomic mass is 32.2. The summed E-state index contributed by atoms with van der Waals surface area (Å²) in [5.74, 6) is -0.277. The van der Waals surface area contributed by atoms with Gasteiger partial charge in [0.15, 0.2) is 5.65 Å². The van der Waals surface area contributed by atoms with Crippen molar-refractivity contribution in [2.75, 3.05) is 23.9 Å². The Balaban J connectivity index is 1.59. The van der Waals surface area contributed by atoms with Gasteiger partial charge in [0.1, 0.15) is 22.6 Å². The number of anilines is 1. The molecule has 0 saturated carbocycles. The number of nitrogens with zero attached hydrogens (tertiary/aromatic N) is 3. The van der Waals surface area contributed by atoms with Gasteiger partial charge in [-0.3, -0.25) is 14.4 Å². The van der Waals surface area contributed by atoms with Crippen LogP contribution in [0.1, 0.15) is 65.5 Å². The van der Waals surface area contributed by atoms with Crippen molar-refractivity contribution in [3.63, 3.8) is 0 Å². The number of rotatable bonds is 12. The van der Waals surface area contributed by atoms with Crippen LogP contribution in [0.25, 0.3) is 11.2 Å². The minimum absolute atomic E-state index is 0.0151. The maximum atomic E-state index is 14.4. The number of fused-ring (bicyclic) bond motifs is 1. The van der Waals surface area contributed by atoms with Gasteiger partial charge in [0.05, 0.1) is 17.5 Å². The van der Waals surface area contributed by atoms with E-state index in [1.165, 1.54) is 24.4 Å². The molecule has 0 spiro atoms. The molecule has 4 aromatic carbocycles. The van der Waals surface area contributed by atoms with Crippen LogP contribution in [0.3, 0.4) is 0 Å². The number of carbonyl (C=O) groups is 1. The second-order valence-corrected chi connectivity index (χ2v) is 15.0. The molecule has 8 nitrogen and oxygen atoms in total. The van der Waals surface area contributed by atoms with E-state index >= 15 is 0 Å². The quantitative estimate of drug-likeness (QED) is 0.0694. The summed E-state index contributed by atoms with van der Waals surface area (Å²) in [5, 5.41) is 15.5. The van der Waals surface area contributed by atoms with Gasteiger partial charge in [-0.2, -0.15) is 0 Å². The molecule has 6 aromatic rings. The zero-order chi connectivity index (χ0) is 36.2. The third-order valence-corrected chi connectivity index (χ3v) is 9.46. The fourth-order valence-electron chi connectivity index (χ4n) is 6.41. The first-order chi connectivity index (χ1) is 24.5. The SMILES string of the molecule is CS(=O)CCCNc1cc(F)ccc1C(=N)c1cnc2c(n1)c(C(=O)NC(C)(C)C)cn2C(c1ccccc1)(c1ccccc1)c1ccccc1. The lowest BCUT2D eigenvalue weighted by Gasteiger charge is -2.38. The molecule has 10 heteroatoms. The van der Waals surface area contributed by atoms with Crippen molar-refractivity contribution in [2.45, 2.75) is 38.3 Å². The average molecular weight is 701 g/mol. The second-order valence-electron chi connectivity index (χ2n) is 13.5. The minimum atomic E-state index is -0.970. The lowest BCUT2D eigenvalue weighted by molar-refractivity contribution is 0.0920. The summed E-state index contributed by atoms with van der Waals surface area (Å²) in [5.41, 5.74) is 3.51. The van der Waals surface area contributed by atoms with E-state index in [-0.39, 0.29) is 17.3 Å². The molecule has 0 aliphatic carbocycles. The number of halogens is 1. The van der Waals surface area contributed by atoms with Crippen LogP contribution < -0.4 is 10.6 Å². The highest BCUT2D eigenvalue weighted by Crippen LogP contribution is 2.43. The van der Waals surface area contributed by atoms with Gasteiger partial charge in [-0.05, 0) is 62.1 Å². The molecule has 260 valence electrons. The molecule has 3 N–H and O–H groups in total. The van der Waals surface area contributed by atoms with Crippen LogP contribution in [0.5, 0.6) is 0 Å². The molecule has 1 amide bonds. The Morgan fingerprint density at radius 2 is 1.43 bits per heavy atom. The van der Waals surface area contributed by atoms with E-state index in [9.17, 15) is 18.8 Å². The molecule has 2 aromatic heterocycles. The molecule has 2 heterocycles. The highest BCUT2D eigenvalue weighted by molar-refractivity contribution is 7.84. The summed E-state index contributed by atoms with van der Waals surface area (Å²) in [7, 11) is -0.949. The van der Waals surface area contributed by atoms with Gasteiger partial charge >= 0.3 is 0 Å². The molecule has 0 radical (unpaired) electrons. The second kappa shape index (κ2) is 14.8. The first kappa shape index (κ1) is 35.3. The largest absolute Gasteiger partial charge is 0.384 e. The van der Waals surface area contributed by atoms with Gasteiger partial charge in [0, 0.05) is 52.3 Å². The number of benzene rings is 4. The van der Waals surface area contributed by atoms with Gasteiger partial charge in [0.25, 0.3) is 5.91 Å². The van der Waals surface area contributed by atoms with Gasteiger partial charge in [0.2, 0.25) is 0 Å². The Morgan fingerprint density at radius 1 is 0.863 bits per heavy atom.